The molecular weight excluding hydrogens is 386 g/mol. The van der Waals surface area contributed by atoms with E-state index in [2.05, 4.69) is 77.5 Å². The topological polar surface area (TPSA) is 58.0 Å². The standard InChI is InChI=1S/C26H31N3O2/c1-19-7-5-6-8-24(19)25(18-26(28-30)22-13-14-27-20(2)17-22)21-9-11-23(12-10-21)29(3)15-16-31-4/h5-14,17,25,30H,15-16,18H2,1-4H3/b28-26-/t25-/m1/s1. The first kappa shape index (κ1) is 22.5. The Labute approximate surface area is 185 Å². The van der Waals surface area contributed by atoms with Crippen LogP contribution in [-0.2, 0) is 4.74 Å². The van der Waals surface area contributed by atoms with Crippen molar-refractivity contribution in [3.8, 4) is 0 Å². The summed E-state index contributed by atoms with van der Waals surface area (Å²) in [5.41, 5.74) is 7.22. The monoisotopic (exact) mass is 417 g/mol. The van der Waals surface area contributed by atoms with Crippen molar-refractivity contribution in [2.45, 2.75) is 26.2 Å². The van der Waals surface area contributed by atoms with Gasteiger partial charge >= 0.3 is 0 Å². The highest BCUT2D eigenvalue weighted by molar-refractivity contribution is 6.01. The summed E-state index contributed by atoms with van der Waals surface area (Å²) in [5, 5.41) is 13.5. The van der Waals surface area contributed by atoms with Gasteiger partial charge in [0.2, 0.25) is 0 Å². The molecule has 0 saturated heterocycles. The molecule has 0 fully saturated rings. The number of aromatic nitrogens is 1. The Morgan fingerprint density at radius 1 is 1.10 bits per heavy atom. The lowest BCUT2D eigenvalue weighted by atomic mass is 9.83. The molecule has 0 saturated carbocycles. The second kappa shape index (κ2) is 10.7. The number of hydrogen-bond donors (Lipinski definition) is 1. The zero-order chi connectivity index (χ0) is 22.2. The van der Waals surface area contributed by atoms with E-state index in [1.807, 2.05) is 19.1 Å². The molecule has 1 atom stereocenters. The number of pyridine rings is 1. The number of rotatable bonds is 9. The van der Waals surface area contributed by atoms with Crippen LogP contribution >= 0.6 is 0 Å². The van der Waals surface area contributed by atoms with Crippen LogP contribution in [0.25, 0.3) is 0 Å². The van der Waals surface area contributed by atoms with Gasteiger partial charge < -0.3 is 14.8 Å². The van der Waals surface area contributed by atoms with Crippen LogP contribution in [0, 0.1) is 13.8 Å². The number of nitrogens with zero attached hydrogens (tertiary/aromatic N) is 3. The number of methoxy groups -OCH3 is 1. The maximum Gasteiger partial charge on any atom is 0.0878 e. The van der Waals surface area contributed by atoms with Gasteiger partial charge in [-0.1, -0.05) is 41.6 Å². The number of aryl methyl sites for hydroxylation is 2. The van der Waals surface area contributed by atoms with Gasteiger partial charge in [-0.25, -0.2) is 0 Å². The second-order valence-corrected chi connectivity index (χ2v) is 7.85. The first-order valence-electron chi connectivity index (χ1n) is 10.5. The number of benzene rings is 2. The smallest absolute Gasteiger partial charge is 0.0878 e. The molecule has 1 N–H and O–H groups in total. The summed E-state index contributed by atoms with van der Waals surface area (Å²) in [6.07, 6.45) is 2.34. The molecule has 31 heavy (non-hydrogen) atoms. The molecule has 0 aliphatic rings. The van der Waals surface area contributed by atoms with Crippen LogP contribution in [0.15, 0.2) is 72.0 Å². The zero-order valence-corrected chi connectivity index (χ0v) is 18.7. The van der Waals surface area contributed by atoms with Crippen molar-refractivity contribution in [3.63, 3.8) is 0 Å². The molecule has 1 heterocycles. The van der Waals surface area contributed by atoms with Crippen molar-refractivity contribution >= 4 is 11.4 Å². The summed E-state index contributed by atoms with van der Waals surface area (Å²) < 4.78 is 5.19. The van der Waals surface area contributed by atoms with Crippen molar-refractivity contribution in [1.82, 2.24) is 4.98 Å². The van der Waals surface area contributed by atoms with Crippen LogP contribution in [0.5, 0.6) is 0 Å². The summed E-state index contributed by atoms with van der Waals surface area (Å²) in [7, 11) is 3.78. The van der Waals surface area contributed by atoms with E-state index in [1.54, 1.807) is 13.3 Å². The quantitative estimate of drug-likeness (QED) is 0.296. The Bertz CT molecular complexity index is 1020. The first-order valence-corrected chi connectivity index (χ1v) is 10.5. The number of ether oxygens (including phenoxy) is 1. The predicted molar refractivity (Wildman–Crippen MR) is 127 cm³/mol. The van der Waals surface area contributed by atoms with Crippen LogP contribution < -0.4 is 4.90 Å². The van der Waals surface area contributed by atoms with Crippen molar-refractivity contribution < 1.29 is 9.94 Å². The van der Waals surface area contributed by atoms with E-state index < -0.39 is 0 Å². The summed E-state index contributed by atoms with van der Waals surface area (Å²) in [4.78, 5) is 6.44. The maximum atomic E-state index is 9.83. The van der Waals surface area contributed by atoms with E-state index in [9.17, 15) is 5.21 Å². The van der Waals surface area contributed by atoms with Crippen molar-refractivity contribution in [2.24, 2.45) is 5.16 Å². The molecule has 2 aromatic carbocycles. The van der Waals surface area contributed by atoms with Gasteiger partial charge in [0.25, 0.3) is 0 Å². The van der Waals surface area contributed by atoms with Crippen LogP contribution in [0.4, 0.5) is 5.69 Å². The predicted octanol–water partition coefficient (Wildman–Crippen LogP) is 5.18. The Balaban J connectivity index is 1.95. The first-order chi connectivity index (χ1) is 15.0. The summed E-state index contributed by atoms with van der Waals surface area (Å²) in [5.74, 6) is 0.0684. The maximum absolute atomic E-state index is 9.83. The molecular formula is C26H31N3O2. The molecule has 5 heteroatoms. The number of likely N-dealkylation sites (N-methyl/N-ethyl adjacent to an activating group) is 1. The fourth-order valence-electron chi connectivity index (χ4n) is 3.84. The summed E-state index contributed by atoms with van der Waals surface area (Å²) in [6, 6.07) is 20.9. The third-order valence-corrected chi connectivity index (χ3v) is 5.68. The fourth-order valence-corrected chi connectivity index (χ4v) is 3.84. The van der Waals surface area contributed by atoms with Crippen LogP contribution in [-0.4, -0.2) is 43.2 Å². The SMILES string of the molecule is COCCN(C)c1ccc([C@@H](C/C(=N/O)c2ccnc(C)c2)c2ccccc2C)cc1. The van der Waals surface area contributed by atoms with Crippen LogP contribution in [0.1, 0.15) is 40.3 Å². The van der Waals surface area contributed by atoms with Gasteiger partial charge in [0.15, 0.2) is 0 Å². The lowest BCUT2D eigenvalue weighted by molar-refractivity contribution is 0.206. The highest BCUT2D eigenvalue weighted by Crippen LogP contribution is 2.33. The third kappa shape index (κ3) is 5.70. The second-order valence-electron chi connectivity index (χ2n) is 7.85. The molecule has 5 nitrogen and oxygen atoms in total. The number of anilines is 1. The third-order valence-electron chi connectivity index (χ3n) is 5.68. The van der Waals surface area contributed by atoms with Gasteiger partial charge in [0, 0.05) is 56.2 Å². The number of hydrogen-bond acceptors (Lipinski definition) is 5. The minimum absolute atomic E-state index is 0.0684. The van der Waals surface area contributed by atoms with E-state index in [0.717, 1.165) is 23.5 Å². The lowest BCUT2D eigenvalue weighted by Gasteiger charge is -2.23. The molecule has 3 aromatic rings. The minimum atomic E-state index is 0.0684. The van der Waals surface area contributed by atoms with Gasteiger partial charge in [-0.15, -0.1) is 0 Å². The van der Waals surface area contributed by atoms with E-state index in [1.165, 1.54) is 16.7 Å². The molecule has 1 aromatic heterocycles. The lowest BCUT2D eigenvalue weighted by Crippen LogP contribution is -2.22. The van der Waals surface area contributed by atoms with Gasteiger partial charge in [-0.3, -0.25) is 4.98 Å². The van der Waals surface area contributed by atoms with E-state index >= 15 is 0 Å². The highest BCUT2D eigenvalue weighted by atomic mass is 16.5. The molecule has 0 radical (unpaired) electrons. The van der Waals surface area contributed by atoms with Gasteiger partial charge in [-0.05, 0) is 54.8 Å². The van der Waals surface area contributed by atoms with Crippen molar-refractivity contribution in [2.75, 3.05) is 32.2 Å². The minimum Gasteiger partial charge on any atom is -0.411 e. The number of oxime groups is 1. The Morgan fingerprint density at radius 3 is 2.48 bits per heavy atom. The van der Waals surface area contributed by atoms with E-state index in [0.29, 0.717) is 18.7 Å². The van der Waals surface area contributed by atoms with Gasteiger partial charge in [-0.2, -0.15) is 0 Å². The molecule has 162 valence electrons. The molecule has 0 amide bonds. The molecule has 0 aliphatic carbocycles. The van der Waals surface area contributed by atoms with E-state index in [-0.39, 0.29) is 5.92 Å². The van der Waals surface area contributed by atoms with Gasteiger partial charge in [0.1, 0.15) is 0 Å². The average molecular weight is 418 g/mol. The summed E-state index contributed by atoms with van der Waals surface area (Å²) in [6.45, 7) is 5.59. The Morgan fingerprint density at radius 2 is 1.84 bits per heavy atom. The van der Waals surface area contributed by atoms with Gasteiger partial charge in [0.05, 0.1) is 12.3 Å². The van der Waals surface area contributed by atoms with Crippen LogP contribution in [0.3, 0.4) is 0 Å². The normalized spacial score (nSPS) is 12.6. The van der Waals surface area contributed by atoms with Crippen molar-refractivity contribution in [1.29, 1.82) is 0 Å². The molecule has 3 rings (SSSR count). The van der Waals surface area contributed by atoms with Crippen LogP contribution in [0.2, 0.25) is 0 Å². The molecule has 0 unspecified atom stereocenters. The molecule has 0 spiro atoms. The average Bonchev–Trinajstić information content (AvgIpc) is 2.79. The van der Waals surface area contributed by atoms with E-state index in [4.69, 9.17) is 4.74 Å². The summed E-state index contributed by atoms with van der Waals surface area (Å²) >= 11 is 0. The highest BCUT2D eigenvalue weighted by Gasteiger charge is 2.20. The molecule has 0 aliphatic heterocycles. The van der Waals surface area contributed by atoms with Crippen molar-refractivity contribution in [3.05, 3.63) is 94.8 Å². The largest absolute Gasteiger partial charge is 0.411 e. The molecule has 0 bridgehead atoms. The zero-order valence-electron chi connectivity index (χ0n) is 18.7. The fraction of sp³-hybridized carbons (Fsp3) is 0.308. The Kier molecular flexibility index (Phi) is 7.79. The Hall–Kier alpha value is -3.18.